The Hall–Kier alpha value is -5.08. The molecule has 0 bridgehead atoms. The Morgan fingerprint density at radius 1 is 0.378 bits per heavy atom. The van der Waals surface area contributed by atoms with E-state index >= 15 is 0 Å². The van der Waals surface area contributed by atoms with E-state index in [2.05, 4.69) is 59.3 Å². The highest BCUT2D eigenvalue weighted by Gasteiger charge is 2.22. The summed E-state index contributed by atoms with van der Waals surface area (Å²) in [5.74, 6) is 3.23. The zero-order chi connectivity index (χ0) is 30.0. The summed E-state index contributed by atoms with van der Waals surface area (Å²) in [4.78, 5) is 2.27. The zero-order valence-electron chi connectivity index (χ0n) is 23.8. The quantitative estimate of drug-likeness (QED) is 0.166. The number of ether oxygens (including phenoxy) is 2. The summed E-state index contributed by atoms with van der Waals surface area (Å²) >= 11 is 4.66. The number of hydrogen-bond donors (Lipinski definition) is 0. The minimum Gasteiger partial charge on any atom is -0.457 e. The van der Waals surface area contributed by atoms with Crippen molar-refractivity contribution in [3.05, 3.63) is 144 Å². The minimum absolute atomic E-state index is 0.805. The Labute approximate surface area is 272 Å². The smallest absolute Gasteiger partial charge is 0.135 e. The number of nitrogens with zero attached hydrogens (tertiary/aromatic N) is 2. The summed E-state index contributed by atoms with van der Waals surface area (Å²) in [6.45, 7) is 0. The third kappa shape index (κ3) is 5.31. The lowest BCUT2D eigenvalue weighted by atomic mass is 9.97. The van der Waals surface area contributed by atoms with Crippen LogP contribution in [0, 0.1) is 0 Å². The molecule has 3 aromatic heterocycles. The number of fused-ring (bicyclic) bond motifs is 1. The van der Waals surface area contributed by atoms with E-state index in [9.17, 15) is 0 Å². The topological polar surface area (TPSA) is 44.2 Å². The molecule has 216 valence electrons. The molecule has 0 saturated carbocycles. The Kier molecular flexibility index (Phi) is 7.40. The van der Waals surface area contributed by atoms with Crippen molar-refractivity contribution in [2.75, 3.05) is 0 Å². The van der Waals surface area contributed by atoms with Crippen LogP contribution in [0.5, 0.6) is 23.0 Å². The summed E-state index contributed by atoms with van der Waals surface area (Å²) in [6, 6.07) is 44.9. The second-order valence-electron chi connectivity index (χ2n) is 10.3. The first-order valence-electron chi connectivity index (χ1n) is 14.4. The fraction of sp³-hybridized carbons (Fsp3) is 0. The van der Waals surface area contributed by atoms with E-state index in [1.807, 2.05) is 84.9 Å². The minimum atomic E-state index is 0.805. The van der Waals surface area contributed by atoms with Crippen LogP contribution in [-0.4, -0.2) is 8.75 Å². The molecule has 0 radical (unpaired) electrons. The molecule has 45 heavy (non-hydrogen) atoms. The van der Waals surface area contributed by atoms with Crippen LogP contribution in [0.15, 0.2) is 144 Å². The first-order chi connectivity index (χ1) is 22.3. The second kappa shape index (κ2) is 12.1. The summed E-state index contributed by atoms with van der Waals surface area (Å²) in [5.41, 5.74) is 8.21. The normalized spacial score (nSPS) is 11.1. The van der Waals surface area contributed by atoms with Crippen LogP contribution in [0.3, 0.4) is 0 Å². The number of aromatic nitrogens is 2. The van der Waals surface area contributed by atoms with E-state index in [-0.39, 0.29) is 0 Å². The van der Waals surface area contributed by atoms with Gasteiger partial charge in [0.25, 0.3) is 0 Å². The van der Waals surface area contributed by atoms with Gasteiger partial charge in [0.2, 0.25) is 0 Å². The molecule has 0 spiro atoms. The van der Waals surface area contributed by atoms with Crippen molar-refractivity contribution in [1.82, 2.24) is 8.75 Å². The van der Waals surface area contributed by atoms with Crippen molar-refractivity contribution in [3.63, 3.8) is 0 Å². The lowest BCUT2D eigenvalue weighted by Crippen LogP contribution is -1.90. The maximum atomic E-state index is 6.34. The van der Waals surface area contributed by atoms with Crippen molar-refractivity contribution in [2.45, 2.75) is 0 Å². The third-order valence-corrected chi connectivity index (χ3v) is 9.96. The molecule has 0 atom stereocenters. The van der Waals surface area contributed by atoms with Gasteiger partial charge in [-0.05, 0) is 59.3 Å². The molecule has 5 aromatic carbocycles. The van der Waals surface area contributed by atoms with E-state index in [0.29, 0.717) is 0 Å². The van der Waals surface area contributed by atoms with Gasteiger partial charge in [0.15, 0.2) is 0 Å². The molecule has 0 amide bonds. The van der Waals surface area contributed by atoms with Gasteiger partial charge < -0.3 is 9.47 Å². The van der Waals surface area contributed by atoms with Gasteiger partial charge in [-0.1, -0.05) is 84.9 Å². The van der Waals surface area contributed by atoms with Gasteiger partial charge in [-0.2, -0.15) is 8.75 Å². The molecule has 0 saturated heterocycles. The SMILES string of the molecule is c1ccc(Oc2ccccc2-c2ccsc2-c2ccc(-c3sccc3-c3ccccc3Oc3ccccc3)c3nsnc23)cc1. The average Bonchev–Trinajstić information content (AvgIpc) is 3.88. The summed E-state index contributed by atoms with van der Waals surface area (Å²) in [6.07, 6.45) is 0. The van der Waals surface area contributed by atoms with E-state index in [1.54, 1.807) is 22.7 Å². The lowest BCUT2D eigenvalue weighted by molar-refractivity contribution is 0.484. The predicted molar refractivity (Wildman–Crippen MR) is 188 cm³/mol. The highest BCUT2D eigenvalue weighted by molar-refractivity contribution is 7.15. The van der Waals surface area contributed by atoms with Gasteiger partial charge in [-0.15, -0.1) is 22.7 Å². The number of rotatable bonds is 8. The molecule has 0 unspecified atom stereocenters. The summed E-state index contributed by atoms with van der Waals surface area (Å²) in [5, 5.41) is 4.26. The zero-order valence-corrected chi connectivity index (χ0v) is 26.2. The molecule has 0 aliphatic carbocycles. The maximum Gasteiger partial charge on any atom is 0.135 e. The fourth-order valence-corrected chi connectivity index (χ4v) is 7.93. The van der Waals surface area contributed by atoms with Crippen molar-refractivity contribution >= 4 is 45.4 Å². The molecule has 0 N–H and O–H groups in total. The van der Waals surface area contributed by atoms with Crippen LogP contribution < -0.4 is 9.47 Å². The number of para-hydroxylation sites is 4. The molecule has 8 aromatic rings. The van der Waals surface area contributed by atoms with E-state index < -0.39 is 0 Å². The fourth-order valence-electron chi connectivity index (χ4n) is 5.48. The molecule has 0 fully saturated rings. The predicted octanol–water partition coefficient (Wildman–Crippen LogP) is 12.1. The van der Waals surface area contributed by atoms with Gasteiger partial charge >= 0.3 is 0 Å². The Bertz CT molecular complexity index is 2080. The Morgan fingerprint density at radius 2 is 0.800 bits per heavy atom. The molecular weight excluding hydrogens is 613 g/mol. The van der Waals surface area contributed by atoms with Crippen molar-refractivity contribution in [3.8, 4) is 66.1 Å². The molecule has 7 heteroatoms. The maximum absolute atomic E-state index is 6.34. The van der Waals surface area contributed by atoms with E-state index in [4.69, 9.17) is 18.2 Å². The van der Waals surface area contributed by atoms with Gasteiger partial charge in [-0.25, -0.2) is 0 Å². The molecule has 0 aliphatic heterocycles. The highest BCUT2D eigenvalue weighted by Crippen LogP contribution is 2.47. The largest absolute Gasteiger partial charge is 0.457 e. The summed E-state index contributed by atoms with van der Waals surface area (Å²) in [7, 11) is 0. The molecule has 3 heterocycles. The lowest BCUT2D eigenvalue weighted by Gasteiger charge is -2.14. The number of hydrogen-bond acceptors (Lipinski definition) is 7. The first-order valence-corrected chi connectivity index (χ1v) is 16.9. The van der Waals surface area contributed by atoms with E-state index in [0.717, 1.165) is 77.2 Å². The molecule has 8 rings (SSSR count). The van der Waals surface area contributed by atoms with Crippen molar-refractivity contribution in [1.29, 1.82) is 0 Å². The Morgan fingerprint density at radius 3 is 1.27 bits per heavy atom. The van der Waals surface area contributed by atoms with Crippen LogP contribution in [0.25, 0.3) is 54.2 Å². The van der Waals surface area contributed by atoms with Crippen LogP contribution >= 0.6 is 34.4 Å². The average molecular weight is 637 g/mol. The number of benzene rings is 5. The van der Waals surface area contributed by atoms with Gasteiger partial charge in [0.05, 0.1) is 11.7 Å². The van der Waals surface area contributed by atoms with Gasteiger partial charge in [0, 0.05) is 43.1 Å². The molecule has 0 aliphatic rings. The Balaban J connectivity index is 1.20. The third-order valence-electron chi connectivity index (χ3n) is 7.53. The monoisotopic (exact) mass is 636 g/mol. The van der Waals surface area contributed by atoms with Gasteiger partial charge in [-0.3, -0.25) is 0 Å². The van der Waals surface area contributed by atoms with Crippen LogP contribution in [0.1, 0.15) is 0 Å². The molecular formula is C38H24N2O2S3. The van der Waals surface area contributed by atoms with Crippen LogP contribution in [0.4, 0.5) is 0 Å². The number of thiophene rings is 2. The van der Waals surface area contributed by atoms with Gasteiger partial charge in [0.1, 0.15) is 34.0 Å². The molecule has 4 nitrogen and oxygen atoms in total. The standard InChI is InChI=1S/C38H24N2O2S3/c1-3-11-25(12-4-1)41-33-17-9-7-15-27(33)29-21-23-43-37(29)31-19-20-32(36-35(31)39-45-40-36)38-30(22-24-44-38)28-16-8-10-18-34(28)42-26-13-5-2-6-14-26/h1-24H. The van der Waals surface area contributed by atoms with Crippen molar-refractivity contribution in [2.24, 2.45) is 0 Å². The van der Waals surface area contributed by atoms with Crippen LogP contribution in [0.2, 0.25) is 0 Å². The van der Waals surface area contributed by atoms with E-state index in [1.165, 1.54) is 11.7 Å². The highest BCUT2D eigenvalue weighted by atomic mass is 32.1. The van der Waals surface area contributed by atoms with Crippen LogP contribution in [-0.2, 0) is 0 Å². The van der Waals surface area contributed by atoms with Crippen molar-refractivity contribution < 1.29 is 9.47 Å². The summed E-state index contributed by atoms with van der Waals surface area (Å²) < 4.78 is 22.3. The second-order valence-corrected chi connectivity index (χ2v) is 12.6. The first kappa shape index (κ1) is 27.5.